The summed E-state index contributed by atoms with van der Waals surface area (Å²) in [4.78, 5) is 2.28. The van der Waals surface area contributed by atoms with E-state index in [2.05, 4.69) is 123 Å². The van der Waals surface area contributed by atoms with E-state index < -0.39 is 7.92 Å². The fourth-order valence-corrected chi connectivity index (χ4v) is 13.4. The molecule has 2 atom stereocenters. The van der Waals surface area contributed by atoms with Crippen molar-refractivity contribution in [2.45, 2.75) is 88.5 Å². The van der Waals surface area contributed by atoms with Gasteiger partial charge >= 0.3 is 34.1 Å². The zero-order valence-electron chi connectivity index (χ0n) is 28.5. The second-order valence-electron chi connectivity index (χ2n) is 12.9. The Morgan fingerprint density at radius 2 is 1.13 bits per heavy atom. The van der Waals surface area contributed by atoms with Gasteiger partial charge < -0.3 is 4.90 Å². The van der Waals surface area contributed by atoms with E-state index in [1.165, 1.54) is 85.7 Å². The molecular weight excluding hydrogens is 692 g/mol. The van der Waals surface area contributed by atoms with Gasteiger partial charge in [-0.2, -0.15) is 48.5 Å². The first kappa shape index (κ1) is 39.9. The summed E-state index contributed by atoms with van der Waals surface area (Å²) in [5.74, 6) is 0. The van der Waals surface area contributed by atoms with Gasteiger partial charge in [0.1, 0.15) is 0 Å². The fourth-order valence-electron chi connectivity index (χ4n) is 7.07. The van der Waals surface area contributed by atoms with E-state index >= 15 is 0 Å². The Hall–Kier alpha value is -1.52. The summed E-state index contributed by atoms with van der Waals surface area (Å²) in [5, 5.41) is 6.05. The van der Waals surface area contributed by atoms with Crippen LogP contribution >= 0.6 is 15.8 Å². The molecule has 252 valence electrons. The average molecular weight is 746 g/mol. The van der Waals surface area contributed by atoms with Gasteiger partial charge in [-0.3, -0.25) is 0 Å². The van der Waals surface area contributed by atoms with Crippen molar-refractivity contribution in [2.75, 3.05) is 14.1 Å². The SMILES string of the molecule is C[C@H]([c-]1cccc1P(c1ccccc1)[c-]1cccc1)N(C)C.[Fe+2].[Fe+2].c1cc[c-](P(C2CCCCC2)C2CCCCC2)c1.c1cc[cH-]c1. The van der Waals surface area contributed by atoms with Crippen LogP contribution in [0.3, 0.4) is 0 Å². The quantitative estimate of drug-likeness (QED) is 0.0869. The minimum absolute atomic E-state index is 0. The molecule has 2 fully saturated rings. The molecule has 0 spiro atoms. The summed E-state index contributed by atoms with van der Waals surface area (Å²) >= 11 is 0. The third-order valence-corrected chi connectivity index (χ3v) is 15.7. The third kappa shape index (κ3) is 11.5. The van der Waals surface area contributed by atoms with Gasteiger partial charge in [0.25, 0.3) is 0 Å². The van der Waals surface area contributed by atoms with Crippen molar-refractivity contribution in [1.29, 1.82) is 0 Å². The van der Waals surface area contributed by atoms with Gasteiger partial charge in [0.05, 0.1) is 0 Å². The van der Waals surface area contributed by atoms with Crippen molar-refractivity contribution < 1.29 is 34.1 Å². The minimum Gasteiger partial charge on any atom is -0.314 e. The molecule has 0 saturated heterocycles. The molecule has 47 heavy (non-hydrogen) atoms. The van der Waals surface area contributed by atoms with Crippen LogP contribution in [0.1, 0.15) is 82.7 Å². The van der Waals surface area contributed by atoms with Crippen molar-refractivity contribution in [3.63, 3.8) is 0 Å². The largest absolute Gasteiger partial charge is 2.00 e. The zero-order chi connectivity index (χ0) is 31.3. The van der Waals surface area contributed by atoms with Gasteiger partial charge in [-0.05, 0) is 62.4 Å². The topological polar surface area (TPSA) is 3.24 Å². The van der Waals surface area contributed by atoms with Crippen molar-refractivity contribution in [2.24, 2.45) is 0 Å². The van der Waals surface area contributed by atoms with Crippen LogP contribution in [0.5, 0.6) is 0 Å². The van der Waals surface area contributed by atoms with Crippen LogP contribution in [0.15, 0.2) is 127 Å². The predicted octanol–water partition coefficient (Wildman–Crippen LogP) is 10.1. The summed E-state index contributed by atoms with van der Waals surface area (Å²) in [5.41, 5.74) is 3.56. The standard InChI is InChI=1S/C20H22NP.C17H26P.C5H5.2Fe/c1-16(21(2)3)19-14-9-15-20(19)22(18-12-7-8-13-18)17-10-5-4-6-11-17;1-3-9-15(10-4-1)18(17-13-7-8-14-17)16-11-5-2-6-12-16;1-2-4-5-3-1;;/h4-16H,1-3H3;7-8,13-16H,1-6,9-12H2;1-5H;;/q-2;2*-1;2*+2/t16-,22?;;;;/m1..../s1. The van der Waals surface area contributed by atoms with Crippen molar-refractivity contribution >= 4 is 37.1 Å². The molecule has 0 radical (unpaired) electrons. The van der Waals surface area contributed by atoms with Gasteiger partial charge in [0, 0.05) is 0 Å². The normalized spacial score (nSPS) is 16.5. The first-order valence-corrected chi connectivity index (χ1v) is 20.1. The summed E-state index contributed by atoms with van der Waals surface area (Å²) in [7, 11) is 3.96. The van der Waals surface area contributed by atoms with E-state index in [9.17, 15) is 0 Å². The Labute approximate surface area is 309 Å². The molecule has 0 bridgehead atoms. The Balaban J connectivity index is 0.000000217. The van der Waals surface area contributed by atoms with Crippen LogP contribution in [0.2, 0.25) is 0 Å². The molecule has 1 unspecified atom stereocenters. The molecule has 0 heterocycles. The first-order chi connectivity index (χ1) is 22.1. The van der Waals surface area contributed by atoms with Crippen LogP contribution in [0.4, 0.5) is 0 Å². The molecule has 0 aromatic heterocycles. The van der Waals surface area contributed by atoms with E-state index in [4.69, 9.17) is 0 Å². The zero-order valence-corrected chi connectivity index (χ0v) is 32.5. The molecule has 1 nitrogen and oxygen atoms in total. The number of nitrogens with zero attached hydrogens (tertiary/aromatic N) is 1. The van der Waals surface area contributed by atoms with E-state index in [0.29, 0.717) is 6.04 Å². The summed E-state index contributed by atoms with van der Waals surface area (Å²) in [6.07, 6.45) is 15.1. The van der Waals surface area contributed by atoms with Crippen molar-refractivity contribution in [1.82, 2.24) is 4.90 Å². The van der Waals surface area contributed by atoms with E-state index in [1.807, 2.05) is 30.3 Å². The molecule has 5 aromatic rings. The molecule has 2 aliphatic rings. The minimum atomic E-state index is -0.477. The van der Waals surface area contributed by atoms with Gasteiger partial charge in [0.15, 0.2) is 0 Å². The summed E-state index contributed by atoms with van der Waals surface area (Å²) in [6, 6.07) is 46.3. The van der Waals surface area contributed by atoms with Crippen LogP contribution in [0, 0.1) is 0 Å². The molecule has 2 aliphatic carbocycles. The predicted molar refractivity (Wildman–Crippen MR) is 203 cm³/mol. The molecule has 0 N–H and O–H groups in total. The second kappa shape index (κ2) is 21.5. The fraction of sp³-hybridized carbons (Fsp3) is 0.381. The Morgan fingerprint density at radius 1 is 0.617 bits per heavy atom. The number of rotatable bonds is 8. The maximum atomic E-state index is 2.43. The Morgan fingerprint density at radius 3 is 1.60 bits per heavy atom. The Kier molecular flexibility index (Phi) is 18.3. The number of hydrogen-bond donors (Lipinski definition) is 0. The summed E-state index contributed by atoms with van der Waals surface area (Å²) < 4.78 is 0. The van der Waals surface area contributed by atoms with Crippen LogP contribution in [-0.2, 0) is 34.1 Å². The van der Waals surface area contributed by atoms with Crippen LogP contribution in [0.25, 0.3) is 0 Å². The van der Waals surface area contributed by atoms with E-state index in [-0.39, 0.29) is 42.1 Å². The molecule has 5 heteroatoms. The van der Waals surface area contributed by atoms with Crippen LogP contribution < -0.4 is 21.2 Å². The number of hydrogen-bond acceptors (Lipinski definition) is 1. The maximum absolute atomic E-state index is 2.43. The molecule has 2 saturated carbocycles. The molecule has 7 rings (SSSR count). The summed E-state index contributed by atoms with van der Waals surface area (Å²) in [6.45, 7) is 2.28. The first-order valence-electron chi connectivity index (χ1n) is 17.3. The molecular formula is C42H53Fe2NP2. The van der Waals surface area contributed by atoms with E-state index in [1.54, 1.807) is 5.30 Å². The third-order valence-electron chi connectivity index (χ3n) is 9.64. The molecule has 5 aromatic carbocycles. The van der Waals surface area contributed by atoms with Gasteiger partial charge in [-0.25, -0.2) is 48.5 Å². The monoisotopic (exact) mass is 745 g/mol. The number of benzene rings is 1. The smallest absolute Gasteiger partial charge is 0.314 e. The van der Waals surface area contributed by atoms with E-state index in [0.717, 1.165) is 11.3 Å². The van der Waals surface area contributed by atoms with Gasteiger partial charge in [-0.15, -0.1) is 29.4 Å². The molecule has 0 amide bonds. The Bertz CT molecular complexity index is 1380. The maximum Gasteiger partial charge on any atom is 2.00 e. The van der Waals surface area contributed by atoms with Crippen molar-refractivity contribution in [3.8, 4) is 0 Å². The van der Waals surface area contributed by atoms with Gasteiger partial charge in [0.2, 0.25) is 0 Å². The average Bonchev–Trinajstić information content (AvgIpc) is 3.93. The van der Waals surface area contributed by atoms with Crippen molar-refractivity contribution in [3.05, 3.63) is 133 Å². The van der Waals surface area contributed by atoms with Gasteiger partial charge in [-0.1, -0.05) is 83.7 Å². The van der Waals surface area contributed by atoms with Crippen LogP contribution in [-0.4, -0.2) is 30.3 Å². The second-order valence-corrected chi connectivity index (χ2v) is 17.9. The molecule has 0 aliphatic heterocycles.